The number of likely N-dealkylation sites (tertiary alicyclic amines) is 1. The molecule has 1 aromatic rings. The van der Waals surface area contributed by atoms with E-state index in [0.717, 1.165) is 24.7 Å². The number of rotatable bonds is 5. The van der Waals surface area contributed by atoms with Crippen LogP contribution in [0.15, 0.2) is 18.3 Å². The molecule has 0 bridgehead atoms. The predicted molar refractivity (Wildman–Crippen MR) is 85.8 cm³/mol. The number of nitrogens with zero attached hydrogens (tertiary/aromatic N) is 2. The van der Waals surface area contributed by atoms with E-state index >= 15 is 0 Å². The Morgan fingerprint density at radius 3 is 2.68 bits per heavy atom. The van der Waals surface area contributed by atoms with Crippen molar-refractivity contribution in [1.82, 2.24) is 9.88 Å². The maximum atomic E-state index is 10.9. The highest BCUT2D eigenvalue weighted by atomic mass is 16.4. The first-order valence-corrected chi connectivity index (χ1v) is 8.64. The molecule has 4 heteroatoms. The Balaban J connectivity index is 1.57. The van der Waals surface area contributed by atoms with Gasteiger partial charge in [0.25, 0.3) is 0 Å². The van der Waals surface area contributed by atoms with Crippen LogP contribution >= 0.6 is 0 Å². The third-order valence-electron chi connectivity index (χ3n) is 5.27. The quantitative estimate of drug-likeness (QED) is 0.900. The van der Waals surface area contributed by atoms with Crippen molar-refractivity contribution < 1.29 is 9.90 Å². The van der Waals surface area contributed by atoms with Crippen molar-refractivity contribution in [1.29, 1.82) is 0 Å². The molecule has 22 heavy (non-hydrogen) atoms. The summed E-state index contributed by atoms with van der Waals surface area (Å²) in [6.45, 7) is 2.01. The molecule has 1 saturated carbocycles. The van der Waals surface area contributed by atoms with Gasteiger partial charge in [-0.15, -0.1) is 0 Å². The van der Waals surface area contributed by atoms with Crippen molar-refractivity contribution in [3.8, 4) is 0 Å². The van der Waals surface area contributed by atoms with Crippen LogP contribution in [0.2, 0.25) is 0 Å². The first-order chi connectivity index (χ1) is 10.7. The molecule has 0 aromatic carbocycles. The van der Waals surface area contributed by atoms with Crippen molar-refractivity contribution in [2.45, 2.75) is 64.0 Å². The SMILES string of the molecule is O=C(O)c1ccc(CN2CCCC2CC2CCCCC2)nc1. The minimum absolute atomic E-state index is 0.268. The topological polar surface area (TPSA) is 53.4 Å². The van der Waals surface area contributed by atoms with Crippen molar-refractivity contribution in [2.24, 2.45) is 5.92 Å². The van der Waals surface area contributed by atoms with E-state index in [1.54, 1.807) is 6.07 Å². The lowest BCUT2D eigenvalue weighted by atomic mass is 9.84. The molecule has 1 unspecified atom stereocenters. The number of pyridine rings is 1. The highest BCUT2D eigenvalue weighted by molar-refractivity contribution is 5.87. The Labute approximate surface area is 132 Å². The Morgan fingerprint density at radius 1 is 1.18 bits per heavy atom. The van der Waals surface area contributed by atoms with E-state index < -0.39 is 5.97 Å². The molecule has 1 aliphatic heterocycles. The average molecular weight is 302 g/mol. The molecule has 1 aromatic heterocycles. The maximum Gasteiger partial charge on any atom is 0.337 e. The number of carboxylic acid groups (broad SMARTS) is 1. The molecule has 1 aliphatic carbocycles. The van der Waals surface area contributed by atoms with Gasteiger partial charge in [-0.2, -0.15) is 0 Å². The number of aromatic nitrogens is 1. The Bertz CT molecular complexity index is 494. The van der Waals surface area contributed by atoms with Gasteiger partial charge in [-0.25, -0.2) is 4.79 Å². The molecule has 2 fully saturated rings. The summed E-state index contributed by atoms with van der Waals surface area (Å²) in [7, 11) is 0. The standard InChI is InChI=1S/C18H26N2O2/c21-18(22)15-8-9-16(19-12-15)13-20-10-4-7-17(20)11-14-5-2-1-3-6-14/h8-9,12,14,17H,1-7,10-11,13H2,(H,21,22). The van der Waals surface area contributed by atoms with E-state index in [9.17, 15) is 4.79 Å². The minimum atomic E-state index is -0.907. The zero-order valence-corrected chi connectivity index (χ0v) is 13.2. The van der Waals surface area contributed by atoms with Gasteiger partial charge in [-0.3, -0.25) is 9.88 Å². The van der Waals surface area contributed by atoms with Crippen LogP contribution in [0.1, 0.15) is 67.4 Å². The summed E-state index contributed by atoms with van der Waals surface area (Å²) in [5.74, 6) is 0.0112. The van der Waals surface area contributed by atoms with Crippen LogP contribution in [0.25, 0.3) is 0 Å². The van der Waals surface area contributed by atoms with Crippen LogP contribution in [0.3, 0.4) is 0 Å². The van der Waals surface area contributed by atoms with Crippen molar-refractivity contribution in [2.75, 3.05) is 6.54 Å². The first kappa shape index (κ1) is 15.5. The number of aromatic carboxylic acids is 1. The summed E-state index contributed by atoms with van der Waals surface area (Å²) in [5.41, 5.74) is 1.25. The second-order valence-corrected chi connectivity index (χ2v) is 6.85. The van der Waals surface area contributed by atoms with Gasteiger partial charge in [-0.05, 0) is 43.9 Å². The lowest BCUT2D eigenvalue weighted by Crippen LogP contribution is -2.31. The fourth-order valence-corrected chi connectivity index (χ4v) is 4.03. The summed E-state index contributed by atoms with van der Waals surface area (Å²) >= 11 is 0. The van der Waals surface area contributed by atoms with E-state index in [2.05, 4.69) is 9.88 Å². The fourth-order valence-electron chi connectivity index (χ4n) is 4.03. The van der Waals surface area contributed by atoms with Crippen LogP contribution in [0.4, 0.5) is 0 Å². The molecule has 120 valence electrons. The molecule has 1 N–H and O–H groups in total. The molecule has 0 spiro atoms. The third kappa shape index (κ3) is 3.86. The minimum Gasteiger partial charge on any atom is -0.478 e. The van der Waals surface area contributed by atoms with Gasteiger partial charge >= 0.3 is 5.97 Å². The zero-order chi connectivity index (χ0) is 15.4. The van der Waals surface area contributed by atoms with E-state index in [4.69, 9.17) is 5.11 Å². The van der Waals surface area contributed by atoms with Crippen molar-refractivity contribution >= 4 is 5.97 Å². The van der Waals surface area contributed by atoms with Gasteiger partial charge in [-0.1, -0.05) is 32.1 Å². The Kier molecular flexibility index (Phi) is 5.08. The highest BCUT2D eigenvalue weighted by Crippen LogP contribution is 2.32. The van der Waals surface area contributed by atoms with E-state index in [1.165, 1.54) is 57.6 Å². The largest absolute Gasteiger partial charge is 0.478 e. The maximum absolute atomic E-state index is 10.9. The van der Waals surface area contributed by atoms with E-state index in [1.807, 2.05) is 6.07 Å². The molecule has 2 aliphatic rings. The third-order valence-corrected chi connectivity index (χ3v) is 5.27. The smallest absolute Gasteiger partial charge is 0.337 e. The lowest BCUT2D eigenvalue weighted by molar-refractivity contribution is 0.0696. The number of carboxylic acids is 1. The van der Waals surface area contributed by atoms with E-state index in [-0.39, 0.29) is 5.56 Å². The second kappa shape index (κ2) is 7.23. The van der Waals surface area contributed by atoms with Crippen molar-refractivity contribution in [3.05, 3.63) is 29.6 Å². The highest BCUT2D eigenvalue weighted by Gasteiger charge is 2.28. The molecule has 2 heterocycles. The molecular formula is C18H26N2O2. The first-order valence-electron chi connectivity index (χ1n) is 8.64. The average Bonchev–Trinajstić information content (AvgIpc) is 2.96. The van der Waals surface area contributed by atoms with Crippen LogP contribution in [0, 0.1) is 5.92 Å². The molecule has 0 amide bonds. The molecule has 1 atom stereocenters. The number of carbonyl (C=O) groups is 1. The molecule has 3 rings (SSSR count). The van der Waals surface area contributed by atoms with Crippen LogP contribution in [-0.2, 0) is 6.54 Å². The zero-order valence-electron chi connectivity index (χ0n) is 13.2. The van der Waals surface area contributed by atoms with Gasteiger partial charge in [0.15, 0.2) is 0 Å². The summed E-state index contributed by atoms with van der Waals surface area (Å²) in [5, 5.41) is 8.93. The van der Waals surface area contributed by atoms with Crippen LogP contribution < -0.4 is 0 Å². The second-order valence-electron chi connectivity index (χ2n) is 6.85. The van der Waals surface area contributed by atoms with E-state index in [0.29, 0.717) is 6.04 Å². The number of hydrogen-bond donors (Lipinski definition) is 1. The monoisotopic (exact) mass is 302 g/mol. The molecule has 4 nitrogen and oxygen atoms in total. The molecular weight excluding hydrogens is 276 g/mol. The molecule has 0 radical (unpaired) electrons. The summed E-state index contributed by atoms with van der Waals surface area (Å²) < 4.78 is 0. The van der Waals surface area contributed by atoms with Gasteiger partial charge < -0.3 is 5.11 Å². The van der Waals surface area contributed by atoms with Gasteiger partial charge in [0.05, 0.1) is 11.3 Å². The number of hydrogen-bond acceptors (Lipinski definition) is 3. The molecule has 1 saturated heterocycles. The summed E-state index contributed by atoms with van der Waals surface area (Å²) in [4.78, 5) is 17.8. The normalized spacial score (nSPS) is 23.7. The lowest BCUT2D eigenvalue weighted by Gasteiger charge is -2.30. The Hall–Kier alpha value is -1.42. The van der Waals surface area contributed by atoms with Gasteiger partial charge in [0.2, 0.25) is 0 Å². The fraction of sp³-hybridized carbons (Fsp3) is 0.667. The predicted octanol–water partition coefficient (Wildman–Crippen LogP) is 3.71. The summed E-state index contributed by atoms with van der Waals surface area (Å²) in [6.07, 6.45) is 12.5. The van der Waals surface area contributed by atoms with Crippen molar-refractivity contribution in [3.63, 3.8) is 0 Å². The van der Waals surface area contributed by atoms with Crippen LogP contribution in [0.5, 0.6) is 0 Å². The van der Waals surface area contributed by atoms with Gasteiger partial charge in [0, 0.05) is 18.8 Å². The Morgan fingerprint density at radius 2 is 2.00 bits per heavy atom. The van der Waals surface area contributed by atoms with Crippen LogP contribution in [-0.4, -0.2) is 33.5 Å². The summed E-state index contributed by atoms with van der Waals surface area (Å²) in [6, 6.07) is 4.22. The van der Waals surface area contributed by atoms with Gasteiger partial charge in [0.1, 0.15) is 0 Å².